The van der Waals surface area contributed by atoms with E-state index in [2.05, 4.69) is 36.6 Å². The third-order valence-electron chi connectivity index (χ3n) is 2.45. The Morgan fingerprint density at radius 2 is 2.24 bits per heavy atom. The highest BCUT2D eigenvalue weighted by atomic mass is 32.2. The van der Waals surface area contributed by atoms with Gasteiger partial charge in [-0.1, -0.05) is 29.8 Å². The number of unbranched alkanes of at least 4 members (excludes halogenated alkanes) is 1. The minimum absolute atomic E-state index is 0.0753. The number of carbonyl (C=O) groups excluding carboxylic acids is 1. The number of amides is 1. The Bertz CT molecular complexity index is 355. The maximum atomic E-state index is 10.9. The van der Waals surface area contributed by atoms with Crippen molar-refractivity contribution in [3.8, 4) is 0 Å². The van der Waals surface area contributed by atoms with Crippen molar-refractivity contribution in [1.82, 2.24) is 5.43 Å². The fourth-order valence-electron chi connectivity index (χ4n) is 1.55. The molecular weight excluding hydrogens is 232 g/mol. The second-order valence-corrected chi connectivity index (χ2v) is 5.17. The summed E-state index contributed by atoms with van der Waals surface area (Å²) in [5.41, 5.74) is 4.82. The molecule has 1 rings (SSSR count). The third-order valence-corrected chi connectivity index (χ3v) is 3.57. The second-order valence-electron chi connectivity index (χ2n) is 4.07. The summed E-state index contributed by atoms with van der Waals surface area (Å²) in [7, 11) is 0. The minimum Gasteiger partial charge on any atom is -0.294 e. The average molecular weight is 252 g/mol. The van der Waals surface area contributed by atoms with Crippen molar-refractivity contribution in [2.24, 2.45) is 5.84 Å². The smallest absolute Gasteiger partial charge is 0.233 e. The van der Waals surface area contributed by atoms with Gasteiger partial charge in [0.2, 0.25) is 5.91 Å². The van der Waals surface area contributed by atoms with Crippen LogP contribution in [0, 0.1) is 6.92 Å². The summed E-state index contributed by atoms with van der Waals surface area (Å²) in [6.45, 7) is 2.11. The molecule has 0 aromatic heterocycles. The quantitative estimate of drug-likeness (QED) is 0.339. The lowest BCUT2D eigenvalue weighted by molar-refractivity contribution is -0.121. The first kappa shape index (κ1) is 14.1. The van der Waals surface area contributed by atoms with Gasteiger partial charge in [0.05, 0.1) is 0 Å². The molecule has 0 spiro atoms. The molecule has 3 nitrogen and oxygen atoms in total. The van der Waals surface area contributed by atoms with Crippen molar-refractivity contribution in [2.75, 3.05) is 5.75 Å². The van der Waals surface area contributed by atoms with Crippen LogP contribution in [0.2, 0.25) is 0 Å². The van der Waals surface area contributed by atoms with Crippen molar-refractivity contribution < 1.29 is 4.79 Å². The van der Waals surface area contributed by atoms with Crippen molar-refractivity contribution in [1.29, 1.82) is 0 Å². The number of hydrogen-bond acceptors (Lipinski definition) is 3. The van der Waals surface area contributed by atoms with Gasteiger partial charge in [-0.15, -0.1) is 0 Å². The van der Waals surface area contributed by atoms with Crippen LogP contribution in [0.4, 0.5) is 0 Å². The van der Waals surface area contributed by atoms with E-state index in [9.17, 15) is 4.79 Å². The lowest BCUT2D eigenvalue weighted by Gasteiger charge is -2.03. The standard InChI is InChI=1S/C13H20N2OS/c1-11-5-4-6-12(9-11)10-17-8-3-2-7-13(16)15-14/h4-6,9H,2-3,7-8,10,14H2,1H3,(H,15,16). The highest BCUT2D eigenvalue weighted by molar-refractivity contribution is 7.98. The van der Waals surface area contributed by atoms with Crippen LogP contribution >= 0.6 is 11.8 Å². The Hall–Kier alpha value is -1.00. The van der Waals surface area contributed by atoms with Gasteiger partial charge >= 0.3 is 0 Å². The molecule has 0 saturated carbocycles. The van der Waals surface area contributed by atoms with Crippen LogP contribution in [0.3, 0.4) is 0 Å². The molecule has 3 N–H and O–H groups in total. The van der Waals surface area contributed by atoms with Crippen LogP contribution in [0.5, 0.6) is 0 Å². The number of hydrogen-bond donors (Lipinski definition) is 2. The van der Waals surface area contributed by atoms with Crippen molar-refractivity contribution >= 4 is 17.7 Å². The summed E-state index contributed by atoms with van der Waals surface area (Å²) in [6, 6.07) is 8.58. The van der Waals surface area contributed by atoms with Gasteiger partial charge in [-0.25, -0.2) is 5.84 Å². The van der Waals surface area contributed by atoms with Gasteiger partial charge in [0.15, 0.2) is 0 Å². The Morgan fingerprint density at radius 3 is 2.94 bits per heavy atom. The summed E-state index contributed by atoms with van der Waals surface area (Å²) >= 11 is 1.91. The molecule has 0 aliphatic heterocycles. The Morgan fingerprint density at radius 1 is 1.41 bits per heavy atom. The molecule has 0 aliphatic carbocycles. The Kier molecular flexibility index (Phi) is 6.74. The summed E-state index contributed by atoms with van der Waals surface area (Å²) in [5.74, 6) is 7.06. The minimum atomic E-state index is -0.0753. The number of nitrogens with two attached hydrogens (primary N) is 1. The number of rotatable bonds is 7. The summed E-state index contributed by atoms with van der Waals surface area (Å²) in [6.07, 6.45) is 2.50. The van der Waals surface area contributed by atoms with Gasteiger partial charge in [-0.3, -0.25) is 10.2 Å². The van der Waals surface area contributed by atoms with Gasteiger partial charge in [-0.2, -0.15) is 11.8 Å². The first-order valence-electron chi connectivity index (χ1n) is 5.85. The molecule has 0 atom stereocenters. The highest BCUT2D eigenvalue weighted by Gasteiger charge is 1.98. The Labute approximate surface area is 107 Å². The lowest BCUT2D eigenvalue weighted by Crippen LogP contribution is -2.29. The number of hydrazine groups is 1. The predicted molar refractivity (Wildman–Crippen MR) is 73.5 cm³/mol. The predicted octanol–water partition coefficient (Wildman–Crippen LogP) is 2.39. The first-order chi connectivity index (χ1) is 8.22. The Balaban J connectivity index is 2.06. The zero-order chi connectivity index (χ0) is 12.5. The van der Waals surface area contributed by atoms with Crippen LogP contribution in [0.15, 0.2) is 24.3 Å². The van der Waals surface area contributed by atoms with E-state index in [-0.39, 0.29) is 5.91 Å². The fraction of sp³-hybridized carbons (Fsp3) is 0.462. The van der Waals surface area contributed by atoms with Crippen molar-refractivity contribution in [2.45, 2.75) is 31.9 Å². The monoisotopic (exact) mass is 252 g/mol. The second kappa shape index (κ2) is 8.14. The number of thioether (sulfide) groups is 1. The third kappa shape index (κ3) is 6.34. The van der Waals surface area contributed by atoms with E-state index >= 15 is 0 Å². The van der Waals surface area contributed by atoms with Crippen molar-refractivity contribution in [3.05, 3.63) is 35.4 Å². The molecule has 4 heteroatoms. The molecule has 1 aromatic rings. The van der Waals surface area contributed by atoms with E-state index in [0.29, 0.717) is 6.42 Å². The van der Waals surface area contributed by atoms with Crippen molar-refractivity contribution in [3.63, 3.8) is 0 Å². The summed E-state index contributed by atoms with van der Waals surface area (Å²) in [5, 5.41) is 0. The molecule has 0 saturated heterocycles. The van der Waals surface area contributed by atoms with E-state index in [1.54, 1.807) is 0 Å². The molecule has 0 fully saturated rings. The van der Waals surface area contributed by atoms with Crippen LogP contribution in [-0.2, 0) is 10.5 Å². The lowest BCUT2D eigenvalue weighted by atomic mass is 10.2. The van der Waals surface area contributed by atoms with Crippen LogP contribution in [0.1, 0.15) is 30.4 Å². The molecule has 0 heterocycles. The molecule has 0 unspecified atom stereocenters. The number of carbonyl (C=O) groups is 1. The molecular formula is C13H20N2OS. The van der Waals surface area contributed by atoms with Gasteiger partial charge in [-0.05, 0) is 31.1 Å². The molecule has 94 valence electrons. The topological polar surface area (TPSA) is 55.1 Å². The van der Waals surface area contributed by atoms with E-state index in [4.69, 9.17) is 5.84 Å². The van der Waals surface area contributed by atoms with E-state index in [0.717, 1.165) is 24.3 Å². The van der Waals surface area contributed by atoms with Gasteiger partial charge in [0.25, 0.3) is 0 Å². The number of aryl methyl sites for hydroxylation is 1. The maximum Gasteiger partial charge on any atom is 0.233 e. The fourth-order valence-corrected chi connectivity index (χ4v) is 2.52. The maximum absolute atomic E-state index is 10.9. The zero-order valence-corrected chi connectivity index (χ0v) is 11.1. The molecule has 0 radical (unpaired) electrons. The number of nitrogens with one attached hydrogen (secondary N) is 1. The van der Waals surface area contributed by atoms with Gasteiger partial charge in [0.1, 0.15) is 0 Å². The van der Waals surface area contributed by atoms with Crippen LogP contribution in [-0.4, -0.2) is 11.7 Å². The van der Waals surface area contributed by atoms with E-state index in [1.807, 2.05) is 11.8 Å². The molecule has 0 bridgehead atoms. The molecule has 1 aromatic carbocycles. The normalized spacial score (nSPS) is 10.2. The zero-order valence-electron chi connectivity index (χ0n) is 10.2. The van der Waals surface area contributed by atoms with Gasteiger partial charge < -0.3 is 0 Å². The average Bonchev–Trinajstić information content (AvgIpc) is 2.33. The van der Waals surface area contributed by atoms with E-state index in [1.165, 1.54) is 11.1 Å². The highest BCUT2D eigenvalue weighted by Crippen LogP contribution is 2.15. The molecule has 0 aliphatic rings. The van der Waals surface area contributed by atoms with E-state index < -0.39 is 0 Å². The van der Waals surface area contributed by atoms with Gasteiger partial charge in [0, 0.05) is 12.2 Å². The van der Waals surface area contributed by atoms with Crippen LogP contribution in [0.25, 0.3) is 0 Å². The first-order valence-corrected chi connectivity index (χ1v) is 7.00. The van der Waals surface area contributed by atoms with Crippen LogP contribution < -0.4 is 11.3 Å². The molecule has 17 heavy (non-hydrogen) atoms. The largest absolute Gasteiger partial charge is 0.294 e. The SMILES string of the molecule is Cc1cccc(CSCCCCC(=O)NN)c1. The number of benzene rings is 1. The summed E-state index contributed by atoms with van der Waals surface area (Å²) in [4.78, 5) is 10.9. The summed E-state index contributed by atoms with van der Waals surface area (Å²) < 4.78 is 0. The molecule has 1 amide bonds.